The van der Waals surface area contributed by atoms with E-state index in [1.54, 1.807) is 0 Å². The van der Waals surface area contributed by atoms with Crippen LogP contribution in [-0.2, 0) is 0 Å². The van der Waals surface area contributed by atoms with Crippen molar-refractivity contribution >= 4 is 33.6 Å². The first-order chi connectivity index (χ1) is 18.6. The molecule has 3 aromatic heterocycles. The number of hydrogen-bond donors (Lipinski definition) is 0. The summed E-state index contributed by atoms with van der Waals surface area (Å²) in [5.41, 5.74) is 2.66. The van der Waals surface area contributed by atoms with Gasteiger partial charge >= 0.3 is 0 Å². The van der Waals surface area contributed by atoms with Crippen LogP contribution in [0.2, 0.25) is 0 Å². The number of benzene rings is 3. The van der Waals surface area contributed by atoms with Crippen LogP contribution in [0.5, 0.6) is 0 Å². The molecule has 0 aliphatic carbocycles. The Hall–Kier alpha value is -6.43. The number of fused-ring (bicyclic) bond motifs is 2. The molecule has 0 spiro atoms. The van der Waals surface area contributed by atoms with E-state index in [2.05, 4.69) is 34.6 Å². The Balaban J connectivity index is 1.56. The highest BCUT2D eigenvalue weighted by Gasteiger charge is 2.21. The van der Waals surface area contributed by atoms with E-state index >= 15 is 0 Å². The van der Waals surface area contributed by atoms with Gasteiger partial charge in [0.2, 0.25) is 11.6 Å². The van der Waals surface area contributed by atoms with Gasteiger partial charge < -0.3 is 8.83 Å². The molecule has 0 unspecified atom stereocenters. The van der Waals surface area contributed by atoms with Crippen molar-refractivity contribution in [3.05, 3.63) is 88.6 Å². The minimum absolute atomic E-state index is 0.0431. The van der Waals surface area contributed by atoms with E-state index < -0.39 is 0 Å². The van der Waals surface area contributed by atoms with E-state index in [9.17, 15) is 10.5 Å². The molecule has 11 heteroatoms. The Morgan fingerprint density at radius 3 is 1.76 bits per heavy atom. The first kappa shape index (κ1) is 22.1. The second-order valence-electron chi connectivity index (χ2n) is 7.83. The lowest BCUT2D eigenvalue weighted by Crippen LogP contribution is -2.00. The summed E-state index contributed by atoms with van der Waals surface area (Å²) in [6.45, 7) is 14.6. The highest BCUT2D eigenvalue weighted by atomic mass is 16.4. The van der Waals surface area contributed by atoms with E-state index in [4.69, 9.17) is 22.0 Å². The van der Waals surface area contributed by atoms with Crippen LogP contribution in [0.1, 0.15) is 11.1 Å². The Labute approximate surface area is 213 Å². The molecule has 0 N–H and O–H groups in total. The van der Waals surface area contributed by atoms with Crippen molar-refractivity contribution < 1.29 is 8.83 Å². The van der Waals surface area contributed by atoms with Crippen LogP contribution < -0.4 is 0 Å². The molecule has 0 aliphatic heterocycles. The second-order valence-corrected chi connectivity index (χ2v) is 7.83. The monoisotopic (exact) mass is 491 g/mol. The summed E-state index contributed by atoms with van der Waals surface area (Å²) in [7, 11) is 0. The molecule has 6 aromatic rings. The van der Waals surface area contributed by atoms with Crippen LogP contribution in [0, 0.1) is 35.8 Å². The molecule has 174 valence electrons. The van der Waals surface area contributed by atoms with E-state index in [0.717, 1.165) is 0 Å². The van der Waals surface area contributed by atoms with Gasteiger partial charge in [-0.25, -0.2) is 24.8 Å². The zero-order valence-corrected chi connectivity index (χ0v) is 19.0. The molecule has 0 aliphatic rings. The summed E-state index contributed by atoms with van der Waals surface area (Å²) in [4.78, 5) is 29.2. The van der Waals surface area contributed by atoms with E-state index in [0.29, 0.717) is 33.6 Å². The van der Waals surface area contributed by atoms with Gasteiger partial charge in [0.25, 0.3) is 11.8 Å². The average molecular weight is 491 g/mol. The Morgan fingerprint density at radius 2 is 1.16 bits per heavy atom. The van der Waals surface area contributed by atoms with E-state index in [1.165, 1.54) is 24.3 Å². The van der Waals surface area contributed by atoms with Gasteiger partial charge in [0, 0.05) is 11.6 Å². The van der Waals surface area contributed by atoms with Crippen LogP contribution in [0.15, 0.2) is 63.4 Å². The fraction of sp³-hybridized carbons (Fsp3) is 0. The number of aromatic nitrogens is 5. The topological polar surface area (TPSA) is 147 Å². The maximum absolute atomic E-state index is 9.34. The molecule has 0 atom stereocenters. The van der Waals surface area contributed by atoms with Crippen LogP contribution >= 0.6 is 0 Å². The van der Waals surface area contributed by atoms with Gasteiger partial charge in [0.1, 0.15) is 23.2 Å². The first-order valence-electron chi connectivity index (χ1n) is 10.9. The van der Waals surface area contributed by atoms with Gasteiger partial charge in [-0.2, -0.15) is 15.5 Å². The van der Waals surface area contributed by atoms with Gasteiger partial charge in [-0.3, -0.25) is 4.85 Å². The first-order valence-corrected chi connectivity index (χ1v) is 10.9. The van der Waals surface area contributed by atoms with Gasteiger partial charge in [0.15, 0.2) is 22.8 Å². The Morgan fingerprint density at radius 1 is 0.632 bits per heavy atom. The molecule has 0 saturated carbocycles. The smallest absolute Gasteiger partial charge is 0.266 e. The number of hydrogen-bond acceptors (Lipinski definition) is 9. The maximum Gasteiger partial charge on any atom is 0.266 e. The lowest BCUT2D eigenvalue weighted by molar-refractivity contribution is 0.605. The summed E-state index contributed by atoms with van der Waals surface area (Å²) in [5.74, 6) is 0.550. The van der Waals surface area contributed by atoms with Crippen LogP contribution in [0.25, 0.3) is 66.7 Å². The van der Waals surface area contributed by atoms with E-state index in [-0.39, 0.29) is 45.9 Å². The summed E-state index contributed by atoms with van der Waals surface area (Å²) < 4.78 is 11.7. The largest absolute Gasteiger partial charge is 0.435 e. The van der Waals surface area contributed by atoms with Crippen LogP contribution in [-0.4, -0.2) is 24.9 Å². The van der Waals surface area contributed by atoms with Crippen molar-refractivity contribution in [2.45, 2.75) is 0 Å². The summed E-state index contributed by atoms with van der Waals surface area (Å²) >= 11 is 0. The number of rotatable bonds is 3. The SMILES string of the molecule is [C-]#[N+]c1cc2nc(-c3nc(-c4ccccc4)nc(-c4nc5cc(C#N)c(C#N)cc5o4)n3)oc2cc1[N+]#[C-]. The number of nitriles is 2. The third-order valence-corrected chi connectivity index (χ3v) is 5.54. The third kappa shape index (κ3) is 3.63. The standard InChI is InChI=1S/C27H9N9O2/c1-30-17-10-20-22(11-18(17)31-2)38-27(33-20)25-35-23(14-6-4-3-5-7-14)34-24(36-25)26-32-19-8-15(12-28)16(13-29)9-21(19)37-26/h3-11H. The van der Waals surface area contributed by atoms with Crippen LogP contribution in [0.4, 0.5) is 11.4 Å². The molecule has 38 heavy (non-hydrogen) atoms. The summed E-state index contributed by atoms with van der Waals surface area (Å²) in [5, 5.41) is 18.7. The summed E-state index contributed by atoms with van der Waals surface area (Å²) in [6.07, 6.45) is 0. The van der Waals surface area contributed by atoms with Gasteiger partial charge in [0.05, 0.1) is 29.8 Å². The molecule has 3 aromatic carbocycles. The lowest BCUT2D eigenvalue weighted by atomic mass is 10.1. The van der Waals surface area contributed by atoms with Crippen molar-refractivity contribution in [2.75, 3.05) is 0 Å². The van der Waals surface area contributed by atoms with Gasteiger partial charge in [-0.15, -0.1) is 0 Å². The molecular weight excluding hydrogens is 482 g/mol. The molecular formula is C27H9N9O2. The molecule has 0 fully saturated rings. The minimum atomic E-state index is 0.0431. The molecule has 11 nitrogen and oxygen atoms in total. The molecule has 0 radical (unpaired) electrons. The Kier molecular flexibility index (Phi) is 5.03. The average Bonchev–Trinajstić information content (AvgIpc) is 3.59. The predicted molar refractivity (Wildman–Crippen MR) is 133 cm³/mol. The number of nitrogens with zero attached hydrogens (tertiary/aromatic N) is 9. The number of oxazole rings is 2. The minimum Gasteiger partial charge on any atom is -0.435 e. The molecule has 0 saturated heterocycles. The zero-order valence-electron chi connectivity index (χ0n) is 19.0. The predicted octanol–water partition coefficient (Wildman–Crippen LogP) is 6.00. The molecule has 3 heterocycles. The normalized spacial score (nSPS) is 10.5. The molecule has 6 rings (SSSR count). The van der Waals surface area contributed by atoms with Crippen molar-refractivity contribution in [3.8, 4) is 47.0 Å². The fourth-order valence-corrected chi connectivity index (χ4v) is 3.76. The van der Waals surface area contributed by atoms with Gasteiger partial charge in [-0.1, -0.05) is 30.3 Å². The maximum atomic E-state index is 9.34. The van der Waals surface area contributed by atoms with Crippen molar-refractivity contribution in [1.82, 2.24) is 24.9 Å². The van der Waals surface area contributed by atoms with Crippen molar-refractivity contribution in [2.24, 2.45) is 0 Å². The highest BCUT2D eigenvalue weighted by Crippen LogP contribution is 2.35. The van der Waals surface area contributed by atoms with Crippen LogP contribution in [0.3, 0.4) is 0 Å². The Bertz CT molecular complexity index is 1850. The van der Waals surface area contributed by atoms with Crippen molar-refractivity contribution in [1.29, 1.82) is 10.5 Å². The third-order valence-electron chi connectivity index (χ3n) is 5.54. The van der Waals surface area contributed by atoms with Gasteiger partial charge in [-0.05, 0) is 18.2 Å². The fourth-order valence-electron chi connectivity index (χ4n) is 3.76. The summed E-state index contributed by atoms with van der Waals surface area (Å²) in [6, 6.07) is 18.9. The quantitative estimate of drug-likeness (QED) is 0.272. The second kappa shape index (κ2) is 8.66. The molecule has 0 bridgehead atoms. The van der Waals surface area contributed by atoms with E-state index in [1.807, 2.05) is 42.5 Å². The van der Waals surface area contributed by atoms with Crippen molar-refractivity contribution in [3.63, 3.8) is 0 Å². The highest BCUT2D eigenvalue weighted by molar-refractivity contribution is 5.88. The zero-order chi connectivity index (χ0) is 26.2. The lowest BCUT2D eigenvalue weighted by Gasteiger charge is -2.03. The molecule has 0 amide bonds.